The lowest BCUT2D eigenvalue weighted by Crippen LogP contribution is -2.08. The van der Waals surface area contributed by atoms with Crippen LogP contribution in [0, 0.1) is 12.8 Å². The molecule has 0 saturated carbocycles. The molecule has 3 nitrogen and oxygen atoms in total. The number of ketones is 1. The van der Waals surface area contributed by atoms with Crippen molar-refractivity contribution in [3.8, 4) is 0 Å². The highest BCUT2D eigenvalue weighted by atomic mass is 16.1. The Morgan fingerprint density at radius 3 is 2.50 bits per heavy atom. The second-order valence-corrected chi connectivity index (χ2v) is 3.31. The summed E-state index contributed by atoms with van der Waals surface area (Å²) in [7, 11) is 1.84. The fourth-order valence-corrected chi connectivity index (χ4v) is 0.977. The Balaban J connectivity index is 2.97. The third-order valence-corrected chi connectivity index (χ3v) is 1.89. The molecule has 0 aliphatic heterocycles. The van der Waals surface area contributed by atoms with Crippen molar-refractivity contribution in [3.63, 3.8) is 0 Å². The zero-order chi connectivity index (χ0) is 9.30. The first kappa shape index (κ1) is 8.97. The molecule has 1 heterocycles. The molecule has 66 valence electrons. The standard InChI is InChI=1S/C9H14N2O/c1-6(2)9(12)8-5-7(3)11(4)10-8/h5-6H,1-4H3. The smallest absolute Gasteiger partial charge is 0.185 e. The molecule has 0 fully saturated rings. The van der Waals surface area contributed by atoms with E-state index in [0.717, 1.165) is 5.69 Å². The van der Waals surface area contributed by atoms with Gasteiger partial charge in [-0.05, 0) is 13.0 Å². The van der Waals surface area contributed by atoms with Crippen LogP contribution in [-0.4, -0.2) is 15.6 Å². The zero-order valence-corrected chi connectivity index (χ0v) is 7.96. The van der Waals surface area contributed by atoms with Gasteiger partial charge in [-0.15, -0.1) is 0 Å². The van der Waals surface area contributed by atoms with Gasteiger partial charge in [0.15, 0.2) is 5.78 Å². The average molecular weight is 166 g/mol. The van der Waals surface area contributed by atoms with Crippen LogP contribution in [-0.2, 0) is 7.05 Å². The van der Waals surface area contributed by atoms with Crippen molar-refractivity contribution in [2.45, 2.75) is 20.8 Å². The van der Waals surface area contributed by atoms with Crippen LogP contribution >= 0.6 is 0 Å². The summed E-state index contributed by atoms with van der Waals surface area (Å²) in [5.41, 5.74) is 1.59. The second-order valence-electron chi connectivity index (χ2n) is 3.31. The Morgan fingerprint density at radius 1 is 1.58 bits per heavy atom. The first-order chi connectivity index (χ1) is 5.52. The fraction of sp³-hybridized carbons (Fsp3) is 0.556. The quantitative estimate of drug-likeness (QED) is 0.625. The molecule has 0 saturated heterocycles. The van der Waals surface area contributed by atoms with Gasteiger partial charge in [0.1, 0.15) is 5.69 Å². The van der Waals surface area contributed by atoms with Crippen molar-refractivity contribution in [2.75, 3.05) is 0 Å². The van der Waals surface area contributed by atoms with E-state index in [-0.39, 0.29) is 11.7 Å². The Bertz CT molecular complexity index is 280. The van der Waals surface area contributed by atoms with E-state index in [0.29, 0.717) is 5.69 Å². The van der Waals surface area contributed by atoms with Crippen LogP contribution in [0.5, 0.6) is 0 Å². The van der Waals surface area contributed by atoms with Crippen molar-refractivity contribution >= 4 is 5.78 Å². The summed E-state index contributed by atoms with van der Waals surface area (Å²) < 4.78 is 1.72. The maximum absolute atomic E-state index is 11.4. The monoisotopic (exact) mass is 166 g/mol. The van der Waals surface area contributed by atoms with Crippen LogP contribution in [0.3, 0.4) is 0 Å². The number of hydrogen-bond donors (Lipinski definition) is 0. The maximum atomic E-state index is 11.4. The molecule has 0 aliphatic rings. The highest BCUT2D eigenvalue weighted by Crippen LogP contribution is 2.07. The van der Waals surface area contributed by atoms with Gasteiger partial charge in [0.05, 0.1) is 0 Å². The van der Waals surface area contributed by atoms with Crippen LogP contribution in [0.15, 0.2) is 6.07 Å². The number of Topliss-reactive ketones (excluding diaryl/α,β-unsaturated/α-hetero) is 1. The van der Waals surface area contributed by atoms with Crippen molar-refractivity contribution in [1.29, 1.82) is 0 Å². The maximum Gasteiger partial charge on any atom is 0.185 e. The van der Waals surface area contributed by atoms with E-state index in [2.05, 4.69) is 5.10 Å². The van der Waals surface area contributed by atoms with E-state index >= 15 is 0 Å². The third-order valence-electron chi connectivity index (χ3n) is 1.89. The Kier molecular flexibility index (Phi) is 2.31. The number of aromatic nitrogens is 2. The molecule has 0 bridgehead atoms. The van der Waals surface area contributed by atoms with Crippen LogP contribution < -0.4 is 0 Å². The Labute approximate surface area is 72.4 Å². The van der Waals surface area contributed by atoms with Crippen molar-refractivity contribution in [2.24, 2.45) is 13.0 Å². The van der Waals surface area contributed by atoms with Gasteiger partial charge in [0.25, 0.3) is 0 Å². The first-order valence-electron chi connectivity index (χ1n) is 4.07. The Morgan fingerprint density at radius 2 is 2.17 bits per heavy atom. The van der Waals surface area contributed by atoms with Crippen molar-refractivity contribution < 1.29 is 4.79 Å². The average Bonchev–Trinajstić information content (AvgIpc) is 2.30. The molecule has 1 aromatic heterocycles. The summed E-state index contributed by atoms with van der Waals surface area (Å²) in [6.45, 7) is 5.70. The molecule has 1 aromatic rings. The van der Waals surface area contributed by atoms with Gasteiger partial charge in [-0.3, -0.25) is 9.48 Å². The number of nitrogens with zero attached hydrogens (tertiary/aromatic N) is 2. The van der Waals surface area contributed by atoms with E-state index in [1.807, 2.05) is 33.9 Å². The van der Waals surface area contributed by atoms with E-state index < -0.39 is 0 Å². The lowest BCUT2D eigenvalue weighted by Gasteiger charge is -1.97. The molecule has 3 heteroatoms. The predicted octanol–water partition coefficient (Wildman–Crippen LogP) is 1.57. The topological polar surface area (TPSA) is 34.9 Å². The van der Waals surface area contributed by atoms with Gasteiger partial charge >= 0.3 is 0 Å². The van der Waals surface area contributed by atoms with E-state index in [9.17, 15) is 4.79 Å². The molecular formula is C9H14N2O. The summed E-state index contributed by atoms with van der Waals surface area (Å²) in [5, 5.41) is 4.10. The van der Waals surface area contributed by atoms with E-state index in [1.54, 1.807) is 4.68 Å². The molecule has 0 spiro atoms. The molecule has 0 aromatic carbocycles. The Hall–Kier alpha value is -1.12. The number of hydrogen-bond acceptors (Lipinski definition) is 2. The van der Waals surface area contributed by atoms with Gasteiger partial charge < -0.3 is 0 Å². The first-order valence-corrected chi connectivity index (χ1v) is 4.07. The number of carbonyl (C=O) groups excluding carboxylic acids is 1. The number of rotatable bonds is 2. The van der Waals surface area contributed by atoms with Gasteiger partial charge in [-0.1, -0.05) is 13.8 Å². The minimum Gasteiger partial charge on any atom is -0.292 e. The lowest BCUT2D eigenvalue weighted by atomic mass is 10.1. The van der Waals surface area contributed by atoms with Crippen LogP contribution in [0.4, 0.5) is 0 Å². The van der Waals surface area contributed by atoms with E-state index in [1.165, 1.54) is 0 Å². The number of aryl methyl sites for hydroxylation is 2. The molecule has 0 radical (unpaired) electrons. The minimum atomic E-state index is 0.0271. The molecule has 0 atom stereocenters. The normalized spacial score (nSPS) is 10.8. The summed E-state index contributed by atoms with van der Waals surface area (Å²) in [6.07, 6.45) is 0. The molecular weight excluding hydrogens is 152 g/mol. The molecule has 1 rings (SSSR count). The van der Waals surface area contributed by atoms with Gasteiger partial charge in [-0.2, -0.15) is 5.10 Å². The highest BCUT2D eigenvalue weighted by Gasteiger charge is 2.13. The molecule has 0 aliphatic carbocycles. The zero-order valence-electron chi connectivity index (χ0n) is 7.96. The van der Waals surface area contributed by atoms with Crippen LogP contribution in [0.25, 0.3) is 0 Å². The van der Waals surface area contributed by atoms with Crippen LogP contribution in [0.1, 0.15) is 30.0 Å². The lowest BCUT2D eigenvalue weighted by molar-refractivity contribution is 0.0933. The van der Waals surface area contributed by atoms with Crippen molar-refractivity contribution in [1.82, 2.24) is 9.78 Å². The largest absolute Gasteiger partial charge is 0.292 e. The minimum absolute atomic E-state index is 0.0271. The summed E-state index contributed by atoms with van der Waals surface area (Å²) >= 11 is 0. The third kappa shape index (κ3) is 1.55. The van der Waals surface area contributed by atoms with Gasteiger partial charge in [0, 0.05) is 18.7 Å². The summed E-state index contributed by atoms with van der Waals surface area (Å²) in [5.74, 6) is 0.137. The molecule has 0 unspecified atom stereocenters. The molecule has 12 heavy (non-hydrogen) atoms. The highest BCUT2D eigenvalue weighted by molar-refractivity contribution is 5.95. The fourth-order valence-electron chi connectivity index (χ4n) is 0.977. The van der Waals surface area contributed by atoms with Crippen molar-refractivity contribution in [3.05, 3.63) is 17.5 Å². The second kappa shape index (κ2) is 3.09. The van der Waals surface area contributed by atoms with Crippen LogP contribution in [0.2, 0.25) is 0 Å². The SMILES string of the molecule is Cc1cc(C(=O)C(C)C)nn1C. The number of carbonyl (C=O) groups is 1. The molecule has 0 N–H and O–H groups in total. The summed E-state index contributed by atoms with van der Waals surface area (Å²) in [4.78, 5) is 11.4. The van der Waals surface area contributed by atoms with Gasteiger partial charge in [-0.25, -0.2) is 0 Å². The van der Waals surface area contributed by atoms with Gasteiger partial charge in [0.2, 0.25) is 0 Å². The van der Waals surface area contributed by atoms with E-state index in [4.69, 9.17) is 0 Å². The predicted molar refractivity (Wildman–Crippen MR) is 47.1 cm³/mol. The molecule has 0 amide bonds. The summed E-state index contributed by atoms with van der Waals surface area (Å²) in [6, 6.07) is 1.82.